The van der Waals surface area contributed by atoms with E-state index in [1.807, 2.05) is 12.1 Å². The summed E-state index contributed by atoms with van der Waals surface area (Å²) in [5.74, 6) is 1.16. The molecule has 2 aromatic rings. The Kier molecular flexibility index (Phi) is 5.69. The fraction of sp³-hybridized carbons (Fsp3) is 0.350. The molecule has 0 radical (unpaired) electrons. The zero-order chi connectivity index (χ0) is 19.4. The van der Waals surface area contributed by atoms with Gasteiger partial charge in [0, 0.05) is 49.6 Å². The maximum absolute atomic E-state index is 13.4. The van der Waals surface area contributed by atoms with Crippen molar-refractivity contribution in [3.8, 4) is 17.2 Å². The molecule has 0 aliphatic carbocycles. The number of nitrogens with zero attached hydrogens (tertiary/aromatic N) is 2. The van der Waals surface area contributed by atoms with Gasteiger partial charge in [0.2, 0.25) is 5.75 Å². The van der Waals surface area contributed by atoms with E-state index in [-0.39, 0.29) is 5.91 Å². The molecule has 1 heterocycles. The van der Waals surface area contributed by atoms with Crippen molar-refractivity contribution in [3.05, 3.63) is 47.8 Å². The van der Waals surface area contributed by atoms with Crippen LogP contribution < -0.4 is 19.1 Å². The van der Waals surface area contributed by atoms with E-state index in [1.54, 1.807) is 38.4 Å². The lowest BCUT2D eigenvalue weighted by Crippen LogP contribution is -2.48. The Morgan fingerprint density at radius 1 is 0.926 bits per heavy atom. The number of methoxy groups -OCH3 is 3. The lowest BCUT2D eigenvalue weighted by Gasteiger charge is -2.36. The molecule has 0 bridgehead atoms. The maximum Gasteiger partial charge on any atom is 0.254 e. The van der Waals surface area contributed by atoms with Crippen LogP contribution in [0.5, 0.6) is 17.2 Å². The second-order valence-electron chi connectivity index (χ2n) is 6.17. The van der Waals surface area contributed by atoms with Gasteiger partial charge in [-0.15, -0.1) is 0 Å². The fourth-order valence-electron chi connectivity index (χ4n) is 3.22. The summed E-state index contributed by atoms with van der Waals surface area (Å²) < 4.78 is 29.5. The lowest BCUT2D eigenvalue weighted by atomic mass is 10.1. The summed E-state index contributed by atoms with van der Waals surface area (Å²) in [4.78, 5) is 16.5. The van der Waals surface area contributed by atoms with Crippen molar-refractivity contribution < 1.29 is 23.4 Å². The fourth-order valence-corrected chi connectivity index (χ4v) is 3.22. The summed E-state index contributed by atoms with van der Waals surface area (Å²) in [6.07, 6.45) is 0. The van der Waals surface area contributed by atoms with Crippen molar-refractivity contribution in [2.24, 2.45) is 0 Å². The highest BCUT2D eigenvalue weighted by molar-refractivity contribution is 5.94. The van der Waals surface area contributed by atoms with Crippen molar-refractivity contribution in [2.75, 3.05) is 52.4 Å². The van der Waals surface area contributed by atoms with Crippen LogP contribution in [-0.4, -0.2) is 58.3 Å². The van der Waals surface area contributed by atoms with Gasteiger partial charge in [-0.1, -0.05) is 6.07 Å². The van der Waals surface area contributed by atoms with Gasteiger partial charge in [-0.25, -0.2) is 4.39 Å². The standard InChI is InChI=1S/C20H23FN2O4/c1-25-17-12-16(13-18(26-2)19(17)27-3)22-7-9-23(10-8-22)20(24)14-5-4-6-15(21)11-14/h4-6,11-13H,7-10H2,1-3H3. The van der Waals surface area contributed by atoms with Crippen molar-refractivity contribution in [1.82, 2.24) is 4.90 Å². The molecule has 0 atom stereocenters. The predicted octanol–water partition coefficient (Wildman–Crippen LogP) is 2.81. The molecule has 1 saturated heterocycles. The molecule has 1 amide bonds. The number of piperazine rings is 1. The molecule has 0 spiro atoms. The largest absolute Gasteiger partial charge is 0.493 e. The van der Waals surface area contributed by atoms with Crippen LogP contribution in [0.1, 0.15) is 10.4 Å². The first kappa shape index (κ1) is 18.8. The molecule has 0 unspecified atom stereocenters. The van der Waals surface area contributed by atoms with Crippen LogP contribution in [0.3, 0.4) is 0 Å². The van der Waals surface area contributed by atoms with Crippen molar-refractivity contribution in [2.45, 2.75) is 0 Å². The zero-order valence-corrected chi connectivity index (χ0v) is 15.7. The molecule has 0 N–H and O–H groups in total. The second kappa shape index (κ2) is 8.16. The monoisotopic (exact) mass is 374 g/mol. The van der Waals surface area contributed by atoms with Gasteiger partial charge in [-0.3, -0.25) is 4.79 Å². The first-order valence-corrected chi connectivity index (χ1v) is 8.67. The minimum atomic E-state index is -0.406. The Balaban J connectivity index is 1.73. The van der Waals surface area contributed by atoms with Crippen molar-refractivity contribution >= 4 is 11.6 Å². The molecule has 1 aliphatic rings. The molecule has 6 nitrogen and oxygen atoms in total. The van der Waals surface area contributed by atoms with Gasteiger partial charge in [-0.05, 0) is 18.2 Å². The molecule has 144 valence electrons. The third-order valence-electron chi connectivity index (χ3n) is 4.65. The number of carbonyl (C=O) groups is 1. The van der Waals surface area contributed by atoms with Crippen molar-refractivity contribution in [1.29, 1.82) is 0 Å². The molecule has 0 saturated carbocycles. The summed E-state index contributed by atoms with van der Waals surface area (Å²) in [6, 6.07) is 9.58. The number of rotatable bonds is 5. The summed E-state index contributed by atoms with van der Waals surface area (Å²) >= 11 is 0. The average molecular weight is 374 g/mol. The van der Waals surface area contributed by atoms with Crippen LogP contribution in [-0.2, 0) is 0 Å². The summed E-state index contributed by atoms with van der Waals surface area (Å²) in [6.45, 7) is 2.40. The van der Waals surface area contributed by atoms with Gasteiger partial charge >= 0.3 is 0 Å². The molecule has 1 fully saturated rings. The van der Waals surface area contributed by atoms with Crippen molar-refractivity contribution in [3.63, 3.8) is 0 Å². The molecule has 7 heteroatoms. The van der Waals surface area contributed by atoms with E-state index in [0.29, 0.717) is 49.0 Å². The van der Waals surface area contributed by atoms with E-state index in [2.05, 4.69) is 4.90 Å². The minimum absolute atomic E-state index is 0.154. The van der Waals surface area contributed by atoms with E-state index in [9.17, 15) is 9.18 Å². The summed E-state index contributed by atoms with van der Waals surface area (Å²) in [7, 11) is 4.73. The highest BCUT2D eigenvalue weighted by Gasteiger charge is 2.24. The van der Waals surface area contributed by atoms with Gasteiger partial charge < -0.3 is 24.0 Å². The average Bonchev–Trinajstić information content (AvgIpc) is 2.72. The molecule has 0 aromatic heterocycles. The first-order chi connectivity index (χ1) is 13.1. The number of halogens is 1. The van der Waals surface area contributed by atoms with Crippen LogP contribution in [0.25, 0.3) is 0 Å². The van der Waals surface area contributed by atoms with Gasteiger partial charge in [0.25, 0.3) is 5.91 Å². The van der Waals surface area contributed by atoms with E-state index in [4.69, 9.17) is 14.2 Å². The third kappa shape index (κ3) is 3.92. The van der Waals surface area contributed by atoms with Gasteiger partial charge in [0.1, 0.15) is 5.82 Å². The van der Waals surface area contributed by atoms with Crippen LogP contribution in [0.15, 0.2) is 36.4 Å². The SMILES string of the molecule is COc1cc(N2CCN(C(=O)c3cccc(F)c3)CC2)cc(OC)c1OC. The number of ether oxygens (including phenoxy) is 3. The Labute approximate surface area is 158 Å². The van der Waals surface area contributed by atoms with E-state index < -0.39 is 5.82 Å². The van der Waals surface area contributed by atoms with Crippen LogP contribution in [0.2, 0.25) is 0 Å². The Bertz CT molecular complexity index is 794. The van der Waals surface area contributed by atoms with Crippen LogP contribution in [0.4, 0.5) is 10.1 Å². The Morgan fingerprint density at radius 2 is 1.56 bits per heavy atom. The molecule has 1 aliphatic heterocycles. The highest BCUT2D eigenvalue weighted by Crippen LogP contribution is 2.41. The zero-order valence-electron chi connectivity index (χ0n) is 15.7. The number of hydrogen-bond acceptors (Lipinski definition) is 5. The van der Waals surface area contributed by atoms with Crippen LogP contribution in [0, 0.1) is 5.82 Å². The highest BCUT2D eigenvalue weighted by atomic mass is 19.1. The van der Waals surface area contributed by atoms with E-state index in [1.165, 1.54) is 12.1 Å². The number of benzene rings is 2. The first-order valence-electron chi connectivity index (χ1n) is 8.67. The van der Waals surface area contributed by atoms with Crippen LogP contribution >= 0.6 is 0 Å². The topological polar surface area (TPSA) is 51.2 Å². The van der Waals surface area contributed by atoms with Gasteiger partial charge in [0.05, 0.1) is 21.3 Å². The number of carbonyl (C=O) groups excluding carboxylic acids is 1. The Morgan fingerprint density at radius 3 is 2.07 bits per heavy atom. The molecule has 3 rings (SSSR count). The molecular formula is C20H23FN2O4. The number of hydrogen-bond donors (Lipinski definition) is 0. The number of anilines is 1. The smallest absolute Gasteiger partial charge is 0.254 e. The second-order valence-corrected chi connectivity index (χ2v) is 6.17. The molecule has 2 aromatic carbocycles. The molecule has 27 heavy (non-hydrogen) atoms. The van der Waals surface area contributed by atoms with E-state index >= 15 is 0 Å². The van der Waals surface area contributed by atoms with Gasteiger partial charge in [0.15, 0.2) is 11.5 Å². The summed E-state index contributed by atoms with van der Waals surface area (Å²) in [5.41, 5.74) is 1.30. The minimum Gasteiger partial charge on any atom is -0.493 e. The number of amides is 1. The quantitative estimate of drug-likeness (QED) is 0.806. The third-order valence-corrected chi connectivity index (χ3v) is 4.65. The normalized spacial score (nSPS) is 14.1. The lowest BCUT2D eigenvalue weighted by molar-refractivity contribution is 0.0746. The molecular weight excluding hydrogens is 351 g/mol. The van der Waals surface area contributed by atoms with E-state index in [0.717, 1.165) is 5.69 Å². The Hall–Kier alpha value is -2.96. The predicted molar refractivity (Wildman–Crippen MR) is 101 cm³/mol. The van der Waals surface area contributed by atoms with Gasteiger partial charge in [-0.2, -0.15) is 0 Å². The maximum atomic E-state index is 13.4. The summed E-state index contributed by atoms with van der Waals surface area (Å²) in [5, 5.41) is 0.